The number of pyridine rings is 1. The molecule has 1 aromatic heterocycles. The molecule has 3 N–H and O–H groups in total. The Labute approximate surface area is 138 Å². The Morgan fingerprint density at radius 2 is 1.92 bits per heavy atom. The van der Waals surface area contributed by atoms with E-state index in [1.54, 1.807) is 55.5 Å². The number of amides is 1. The smallest absolute Gasteiger partial charge is 0.265 e. The fourth-order valence-electron chi connectivity index (χ4n) is 2.39. The monoisotopic (exact) mass is 324 g/mol. The highest BCUT2D eigenvalue weighted by Gasteiger charge is 2.48. The van der Waals surface area contributed by atoms with E-state index in [9.17, 15) is 14.7 Å². The largest absolute Gasteiger partial charge is 0.373 e. The summed E-state index contributed by atoms with van der Waals surface area (Å²) in [5, 5.41) is 17.1. The first-order valence-corrected chi connectivity index (χ1v) is 7.39. The Balaban J connectivity index is 1.84. The third kappa shape index (κ3) is 2.89. The number of nitrogens with zero attached hydrogens (tertiary/aromatic N) is 2. The molecule has 122 valence electrons. The fourth-order valence-corrected chi connectivity index (χ4v) is 2.39. The third-order valence-corrected chi connectivity index (χ3v) is 3.67. The summed E-state index contributed by atoms with van der Waals surface area (Å²) in [6, 6.07) is 13.5. The van der Waals surface area contributed by atoms with Gasteiger partial charge in [-0.25, -0.2) is 4.98 Å². The third-order valence-electron chi connectivity index (χ3n) is 3.67. The molecule has 1 amide bonds. The number of carbonyl (C=O) groups is 2. The number of hydrogen-bond acceptors (Lipinski definition) is 6. The van der Waals surface area contributed by atoms with Crippen molar-refractivity contribution in [3.8, 4) is 0 Å². The van der Waals surface area contributed by atoms with Crippen molar-refractivity contribution in [2.45, 2.75) is 12.5 Å². The number of anilines is 1. The van der Waals surface area contributed by atoms with Crippen molar-refractivity contribution in [3.63, 3.8) is 0 Å². The summed E-state index contributed by atoms with van der Waals surface area (Å²) in [5.41, 5.74) is 1.30. The lowest BCUT2D eigenvalue weighted by Gasteiger charge is -2.21. The zero-order chi connectivity index (χ0) is 17.2. The minimum absolute atomic E-state index is 0.182. The van der Waals surface area contributed by atoms with Crippen LogP contribution in [0.5, 0.6) is 0 Å². The number of nitrogens with one attached hydrogen (secondary N) is 2. The van der Waals surface area contributed by atoms with Gasteiger partial charge >= 0.3 is 0 Å². The molecule has 24 heavy (non-hydrogen) atoms. The molecule has 0 radical (unpaired) electrons. The lowest BCUT2D eigenvalue weighted by molar-refractivity contribution is -0.127. The van der Waals surface area contributed by atoms with Crippen LogP contribution in [0.2, 0.25) is 0 Å². The molecule has 1 aliphatic rings. The molecule has 0 saturated heterocycles. The van der Waals surface area contributed by atoms with Crippen LogP contribution in [0.3, 0.4) is 0 Å². The van der Waals surface area contributed by atoms with Crippen LogP contribution in [0, 0.1) is 6.92 Å². The Morgan fingerprint density at radius 1 is 1.17 bits per heavy atom. The molecule has 3 rings (SSSR count). The van der Waals surface area contributed by atoms with Crippen molar-refractivity contribution in [3.05, 3.63) is 59.8 Å². The highest BCUT2D eigenvalue weighted by atomic mass is 16.3. The molecule has 1 atom stereocenters. The zero-order valence-electron chi connectivity index (χ0n) is 13.0. The number of aliphatic hydroxyl groups is 1. The van der Waals surface area contributed by atoms with Gasteiger partial charge in [0.25, 0.3) is 5.91 Å². The van der Waals surface area contributed by atoms with E-state index >= 15 is 0 Å². The van der Waals surface area contributed by atoms with Gasteiger partial charge in [0.2, 0.25) is 11.4 Å². The number of carbonyl (C=O) groups excluding carboxylic acids is 2. The number of ketones is 1. The van der Waals surface area contributed by atoms with Gasteiger partial charge < -0.3 is 15.8 Å². The van der Waals surface area contributed by atoms with Gasteiger partial charge in [-0.3, -0.25) is 9.59 Å². The molecule has 0 fully saturated rings. The number of Topliss-reactive ketones (excluding diaryl/α,β-unsaturated/α-hetero) is 1. The number of aromatic nitrogens is 1. The van der Waals surface area contributed by atoms with E-state index in [-0.39, 0.29) is 12.3 Å². The molecule has 1 aliphatic heterocycles. The second kappa shape index (κ2) is 6.21. The molecular formula is C17H16N4O3. The standard InChI is InChI=1S/C17H16N4O3/c1-11-6-5-9-13(19-11)20-16(23)17(24)10-18-21-15(17)14(22)12-7-3-2-4-8-12/h2-9,18,24H,10H2,1H3,(H,19,20,23). The lowest BCUT2D eigenvalue weighted by Crippen LogP contribution is -2.54. The average molecular weight is 324 g/mol. The molecule has 1 aromatic carbocycles. The normalized spacial score (nSPS) is 19.3. The van der Waals surface area contributed by atoms with Gasteiger partial charge in [0.05, 0.1) is 6.54 Å². The van der Waals surface area contributed by atoms with E-state index in [4.69, 9.17) is 0 Å². The Kier molecular flexibility index (Phi) is 4.09. The highest BCUT2D eigenvalue weighted by Crippen LogP contribution is 2.19. The number of rotatable bonds is 4. The van der Waals surface area contributed by atoms with E-state index in [2.05, 4.69) is 20.8 Å². The maximum absolute atomic E-state index is 12.5. The summed E-state index contributed by atoms with van der Waals surface area (Å²) in [7, 11) is 0. The molecule has 0 bridgehead atoms. The fraction of sp³-hybridized carbons (Fsp3) is 0.176. The van der Waals surface area contributed by atoms with Crippen molar-refractivity contribution < 1.29 is 14.7 Å². The van der Waals surface area contributed by atoms with E-state index in [0.29, 0.717) is 11.4 Å². The summed E-state index contributed by atoms with van der Waals surface area (Å²) < 4.78 is 0. The first kappa shape index (κ1) is 15.8. The Hall–Kier alpha value is -3.06. The van der Waals surface area contributed by atoms with E-state index in [1.165, 1.54) is 0 Å². The number of hydrogen-bond donors (Lipinski definition) is 3. The summed E-state index contributed by atoms with van der Waals surface area (Å²) >= 11 is 0. The lowest BCUT2D eigenvalue weighted by atomic mass is 9.91. The predicted octanol–water partition coefficient (Wildman–Crippen LogP) is 0.902. The molecule has 1 unspecified atom stereocenters. The van der Waals surface area contributed by atoms with Crippen molar-refractivity contribution in [1.82, 2.24) is 10.4 Å². The Morgan fingerprint density at radius 3 is 2.62 bits per heavy atom. The van der Waals surface area contributed by atoms with Crippen molar-refractivity contribution in [2.75, 3.05) is 11.9 Å². The van der Waals surface area contributed by atoms with Crippen LogP contribution >= 0.6 is 0 Å². The maximum Gasteiger partial charge on any atom is 0.265 e. The number of hydrazone groups is 1. The van der Waals surface area contributed by atoms with Crippen molar-refractivity contribution in [1.29, 1.82) is 0 Å². The first-order chi connectivity index (χ1) is 11.5. The van der Waals surface area contributed by atoms with Crippen molar-refractivity contribution in [2.24, 2.45) is 5.10 Å². The quantitative estimate of drug-likeness (QED) is 0.725. The average Bonchev–Trinajstić information content (AvgIpc) is 2.98. The van der Waals surface area contributed by atoms with Gasteiger partial charge in [-0.15, -0.1) is 0 Å². The van der Waals surface area contributed by atoms with Gasteiger partial charge in [-0.1, -0.05) is 36.4 Å². The van der Waals surface area contributed by atoms with E-state index in [1.807, 2.05) is 0 Å². The molecule has 2 aromatic rings. The second-order valence-electron chi connectivity index (χ2n) is 5.47. The van der Waals surface area contributed by atoms with Crippen LogP contribution in [0.4, 0.5) is 5.82 Å². The minimum atomic E-state index is -2.06. The number of aryl methyl sites for hydroxylation is 1. The van der Waals surface area contributed by atoms with Crippen LogP contribution in [-0.2, 0) is 4.79 Å². The second-order valence-corrected chi connectivity index (χ2v) is 5.47. The number of benzene rings is 1. The first-order valence-electron chi connectivity index (χ1n) is 7.39. The van der Waals surface area contributed by atoms with Gasteiger partial charge in [0, 0.05) is 11.3 Å². The van der Waals surface area contributed by atoms with Crippen LogP contribution in [0.25, 0.3) is 0 Å². The topological polar surface area (TPSA) is 104 Å². The summed E-state index contributed by atoms with van der Waals surface area (Å²) in [6.07, 6.45) is 0. The van der Waals surface area contributed by atoms with Gasteiger partial charge in [0.1, 0.15) is 5.82 Å². The van der Waals surface area contributed by atoms with Gasteiger partial charge in [0.15, 0.2) is 5.71 Å². The highest BCUT2D eigenvalue weighted by molar-refractivity contribution is 6.52. The number of β-amino-alcohol motifs (C(OH)–C–C–N with tert-alkyl or cyclic N) is 1. The van der Waals surface area contributed by atoms with E-state index in [0.717, 1.165) is 5.69 Å². The molecule has 7 heteroatoms. The molecule has 0 saturated carbocycles. The molecule has 7 nitrogen and oxygen atoms in total. The van der Waals surface area contributed by atoms with E-state index < -0.39 is 17.3 Å². The van der Waals surface area contributed by atoms with Crippen LogP contribution in [-0.4, -0.2) is 39.6 Å². The summed E-state index contributed by atoms with van der Waals surface area (Å²) in [6.45, 7) is 1.60. The molecule has 2 heterocycles. The molecule has 0 aliphatic carbocycles. The summed E-state index contributed by atoms with van der Waals surface area (Å²) in [4.78, 5) is 29.2. The minimum Gasteiger partial charge on any atom is -0.373 e. The SMILES string of the molecule is Cc1cccc(NC(=O)C2(O)CNN=C2C(=O)c2ccccc2)n1. The molecular weight excluding hydrogens is 308 g/mol. The summed E-state index contributed by atoms with van der Waals surface area (Å²) in [5.74, 6) is -0.962. The van der Waals surface area contributed by atoms with Crippen molar-refractivity contribution >= 4 is 23.2 Å². The maximum atomic E-state index is 12.5. The zero-order valence-corrected chi connectivity index (χ0v) is 13.0. The Bertz CT molecular complexity index is 820. The van der Waals surface area contributed by atoms with Crippen LogP contribution in [0.1, 0.15) is 16.1 Å². The molecule has 0 spiro atoms. The predicted molar refractivity (Wildman–Crippen MR) is 88.8 cm³/mol. The van der Waals surface area contributed by atoms with Gasteiger partial charge in [-0.05, 0) is 19.1 Å². The van der Waals surface area contributed by atoms with Gasteiger partial charge in [-0.2, -0.15) is 5.10 Å². The van der Waals surface area contributed by atoms with Crippen LogP contribution in [0.15, 0.2) is 53.6 Å². The van der Waals surface area contributed by atoms with Crippen LogP contribution < -0.4 is 10.7 Å².